The van der Waals surface area contributed by atoms with Gasteiger partial charge in [-0.1, -0.05) is 36.4 Å². The van der Waals surface area contributed by atoms with Crippen molar-refractivity contribution in [3.63, 3.8) is 0 Å². The lowest BCUT2D eigenvalue weighted by Gasteiger charge is -2.05. The predicted molar refractivity (Wildman–Crippen MR) is 72.2 cm³/mol. The molecule has 0 spiro atoms. The minimum absolute atomic E-state index is 0.226. The monoisotopic (exact) mass is 258 g/mol. The largest absolute Gasteiger partial charge is 0.469 e. The van der Waals surface area contributed by atoms with E-state index in [0.717, 1.165) is 16.7 Å². The van der Waals surface area contributed by atoms with Crippen molar-refractivity contribution in [1.82, 2.24) is 0 Å². The van der Waals surface area contributed by atoms with Gasteiger partial charge in [0.05, 0.1) is 7.11 Å². The summed E-state index contributed by atoms with van der Waals surface area (Å²) in [6, 6.07) is 14.2. The predicted octanol–water partition coefficient (Wildman–Crippen LogP) is 3.60. The highest BCUT2D eigenvalue weighted by Gasteiger charge is 2.04. The van der Waals surface area contributed by atoms with Crippen LogP contribution in [-0.2, 0) is 16.0 Å². The lowest BCUT2D eigenvalue weighted by molar-refractivity contribution is -0.140. The topological polar surface area (TPSA) is 26.3 Å². The normalized spacial score (nSPS) is 10.2. The third-order valence-corrected chi connectivity index (χ3v) is 2.93. The highest BCUT2D eigenvalue weighted by molar-refractivity contribution is 5.70. The van der Waals surface area contributed by atoms with Crippen molar-refractivity contribution in [3.05, 3.63) is 59.9 Å². The lowest BCUT2D eigenvalue weighted by Crippen LogP contribution is -2.01. The maximum Gasteiger partial charge on any atom is 0.305 e. The standard InChI is InChI=1S/C16H15FO2/c1-19-16(18)9-8-12-4-2-5-13(10-12)14-6-3-7-15(17)11-14/h2-7,10-11H,8-9H2,1H3. The first-order valence-corrected chi connectivity index (χ1v) is 6.11. The van der Waals surface area contributed by atoms with Crippen molar-refractivity contribution in [3.8, 4) is 11.1 Å². The molecular formula is C16H15FO2. The Morgan fingerprint density at radius 2 is 1.79 bits per heavy atom. The Kier molecular flexibility index (Phi) is 4.29. The number of benzene rings is 2. The van der Waals surface area contributed by atoms with Gasteiger partial charge in [0.1, 0.15) is 5.82 Å². The SMILES string of the molecule is COC(=O)CCc1cccc(-c2cccc(F)c2)c1. The highest BCUT2D eigenvalue weighted by Crippen LogP contribution is 2.21. The van der Waals surface area contributed by atoms with E-state index in [-0.39, 0.29) is 11.8 Å². The molecule has 0 amide bonds. The van der Waals surface area contributed by atoms with E-state index in [9.17, 15) is 9.18 Å². The number of ether oxygens (including phenoxy) is 1. The number of carbonyl (C=O) groups excluding carboxylic acids is 1. The summed E-state index contributed by atoms with van der Waals surface area (Å²) in [7, 11) is 1.38. The van der Waals surface area contributed by atoms with Crippen LogP contribution in [0.25, 0.3) is 11.1 Å². The first kappa shape index (κ1) is 13.3. The van der Waals surface area contributed by atoms with Crippen molar-refractivity contribution in [2.75, 3.05) is 7.11 Å². The Labute approximate surface area is 111 Å². The van der Waals surface area contributed by atoms with Gasteiger partial charge in [0.2, 0.25) is 0 Å². The summed E-state index contributed by atoms with van der Waals surface area (Å²) < 4.78 is 17.8. The van der Waals surface area contributed by atoms with Crippen LogP contribution in [0, 0.1) is 5.82 Å². The second kappa shape index (κ2) is 6.14. The summed E-state index contributed by atoms with van der Waals surface area (Å²) in [6.45, 7) is 0. The molecule has 0 unspecified atom stereocenters. The molecule has 0 aliphatic rings. The molecule has 0 saturated carbocycles. The fraction of sp³-hybridized carbons (Fsp3) is 0.188. The molecule has 2 nitrogen and oxygen atoms in total. The molecule has 0 saturated heterocycles. The van der Waals surface area contributed by atoms with E-state index >= 15 is 0 Å². The average molecular weight is 258 g/mol. The zero-order chi connectivity index (χ0) is 13.7. The van der Waals surface area contributed by atoms with Crippen molar-refractivity contribution in [2.45, 2.75) is 12.8 Å². The van der Waals surface area contributed by atoms with Gasteiger partial charge in [-0.25, -0.2) is 4.39 Å². The summed E-state index contributed by atoms with van der Waals surface area (Å²) in [5.41, 5.74) is 2.81. The van der Waals surface area contributed by atoms with Crippen LogP contribution >= 0.6 is 0 Å². The molecule has 0 bridgehead atoms. The first-order valence-electron chi connectivity index (χ1n) is 6.11. The van der Waals surface area contributed by atoms with Gasteiger partial charge in [-0.3, -0.25) is 4.79 Å². The van der Waals surface area contributed by atoms with Crippen LogP contribution in [0.4, 0.5) is 4.39 Å². The third kappa shape index (κ3) is 3.65. The van der Waals surface area contributed by atoms with E-state index in [4.69, 9.17) is 0 Å². The van der Waals surface area contributed by atoms with Gasteiger partial charge in [-0.15, -0.1) is 0 Å². The van der Waals surface area contributed by atoms with Gasteiger partial charge in [0.15, 0.2) is 0 Å². The third-order valence-electron chi connectivity index (χ3n) is 2.93. The summed E-state index contributed by atoms with van der Waals surface area (Å²) in [6.07, 6.45) is 0.971. The van der Waals surface area contributed by atoms with Crippen molar-refractivity contribution in [1.29, 1.82) is 0 Å². The van der Waals surface area contributed by atoms with E-state index in [1.54, 1.807) is 6.07 Å². The molecular weight excluding hydrogens is 243 g/mol. The first-order chi connectivity index (χ1) is 9.19. The smallest absolute Gasteiger partial charge is 0.305 e. The van der Waals surface area contributed by atoms with E-state index in [1.165, 1.54) is 19.2 Å². The van der Waals surface area contributed by atoms with Crippen LogP contribution in [-0.4, -0.2) is 13.1 Å². The summed E-state index contributed by atoms with van der Waals surface area (Å²) in [5, 5.41) is 0. The molecule has 0 aliphatic carbocycles. The van der Waals surface area contributed by atoms with Gasteiger partial charge in [0, 0.05) is 6.42 Å². The van der Waals surface area contributed by atoms with Crippen molar-refractivity contribution >= 4 is 5.97 Å². The Hall–Kier alpha value is -2.16. The second-order valence-corrected chi connectivity index (χ2v) is 4.29. The second-order valence-electron chi connectivity index (χ2n) is 4.29. The fourth-order valence-electron chi connectivity index (χ4n) is 1.92. The Balaban J connectivity index is 2.17. The zero-order valence-electron chi connectivity index (χ0n) is 10.7. The van der Waals surface area contributed by atoms with Crippen LogP contribution in [0.5, 0.6) is 0 Å². The number of aryl methyl sites for hydroxylation is 1. The molecule has 2 rings (SSSR count). The van der Waals surface area contributed by atoms with Crippen LogP contribution in [0.3, 0.4) is 0 Å². The zero-order valence-corrected chi connectivity index (χ0v) is 10.7. The lowest BCUT2D eigenvalue weighted by atomic mass is 10.0. The molecule has 0 radical (unpaired) electrons. The quantitative estimate of drug-likeness (QED) is 0.783. The summed E-state index contributed by atoms with van der Waals surface area (Å²) in [4.78, 5) is 11.1. The molecule has 98 valence electrons. The van der Waals surface area contributed by atoms with E-state index in [2.05, 4.69) is 4.74 Å². The molecule has 0 aliphatic heterocycles. The van der Waals surface area contributed by atoms with Gasteiger partial charge >= 0.3 is 5.97 Å². The van der Waals surface area contributed by atoms with Crippen LogP contribution in [0.1, 0.15) is 12.0 Å². The molecule has 0 heterocycles. The number of hydrogen-bond donors (Lipinski definition) is 0. The average Bonchev–Trinajstić information content (AvgIpc) is 2.45. The molecule has 0 atom stereocenters. The van der Waals surface area contributed by atoms with E-state index in [1.807, 2.05) is 30.3 Å². The van der Waals surface area contributed by atoms with Crippen LogP contribution in [0.2, 0.25) is 0 Å². The number of rotatable bonds is 4. The number of methoxy groups -OCH3 is 1. The van der Waals surface area contributed by atoms with Gasteiger partial charge < -0.3 is 4.74 Å². The molecule has 0 aromatic heterocycles. The van der Waals surface area contributed by atoms with Crippen LogP contribution < -0.4 is 0 Å². The molecule has 3 heteroatoms. The minimum atomic E-state index is -0.252. The molecule has 2 aromatic rings. The molecule has 2 aromatic carbocycles. The van der Waals surface area contributed by atoms with E-state index < -0.39 is 0 Å². The Bertz CT molecular complexity index is 578. The Morgan fingerprint density at radius 3 is 2.47 bits per heavy atom. The molecule has 0 N–H and O–H groups in total. The van der Waals surface area contributed by atoms with Crippen LogP contribution in [0.15, 0.2) is 48.5 Å². The van der Waals surface area contributed by atoms with Crippen molar-refractivity contribution in [2.24, 2.45) is 0 Å². The minimum Gasteiger partial charge on any atom is -0.469 e. The number of carbonyl (C=O) groups is 1. The van der Waals surface area contributed by atoms with Gasteiger partial charge in [-0.05, 0) is 35.2 Å². The van der Waals surface area contributed by atoms with Gasteiger partial charge in [-0.2, -0.15) is 0 Å². The summed E-state index contributed by atoms with van der Waals surface area (Å²) in [5.74, 6) is -0.478. The number of hydrogen-bond acceptors (Lipinski definition) is 2. The maximum absolute atomic E-state index is 13.2. The fourth-order valence-corrected chi connectivity index (χ4v) is 1.92. The highest BCUT2D eigenvalue weighted by atomic mass is 19.1. The maximum atomic E-state index is 13.2. The van der Waals surface area contributed by atoms with Gasteiger partial charge in [0.25, 0.3) is 0 Å². The number of halogens is 1. The Morgan fingerprint density at radius 1 is 1.11 bits per heavy atom. The number of esters is 1. The summed E-state index contributed by atoms with van der Waals surface area (Å²) >= 11 is 0. The van der Waals surface area contributed by atoms with E-state index in [0.29, 0.717) is 12.8 Å². The molecule has 0 fully saturated rings. The van der Waals surface area contributed by atoms with Crippen molar-refractivity contribution < 1.29 is 13.9 Å². The molecule has 19 heavy (non-hydrogen) atoms.